The SMILES string of the molecule is CCOCCn1cc(C(=O)Nc2ccc(SCCN3CCCCC3)cc2)cn1. The van der Waals surface area contributed by atoms with Gasteiger partial charge < -0.3 is 15.0 Å². The number of nitrogens with zero attached hydrogens (tertiary/aromatic N) is 3. The fraction of sp³-hybridized carbons (Fsp3) is 0.524. The molecule has 2 aromatic rings. The molecule has 28 heavy (non-hydrogen) atoms. The van der Waals surface area contributed by atoms with E-state index in [4.69, 9.17) is 4.74 Å². The van der Waals surface area contributed by atoms with Crippen molar-refractivity contribution in [1.29, 1.82) is 0 Å². The molecule has 1 saturated heterocycles. The van der Waals surface area contributed by atoms with Crippen molar-refractivity contribution in [3.05, 3.63) is 42.2 Å². The van der Waals surface area contributed by atoms with E-state index in [1.54, 1.807) is 17.1 Å². The van der Waals surface area contributed by atoms with Gasteiger partial charge in [0.2, 0.25) is 0 Å². The number of rotatable bonds is 10. The normalized spacial score (nSPS) is 14.9. The molecule has 0 radical (unpaired) electrons. The number of carbonyl (C=O) groups is 1. The van der Waals surface area contributed by atoms with Crippen molar-refractivity contribution in [3.63, 3.8) is 0 Å². The number of hydrogen-bond donors (Lipinski definition) is 1. The molecule has 1 aliphatic heterocycles. The highest BCUT2D eigenvalue weighted by molar-refractivity contribution is 7.99. The lowest BCUT2D eigenvalue weighted by molar-refractivity contribution is 0.102. The lowest BCUT2D eigenvalue weighted by Crippen LogP contribution is -2.31. The molecule has 0 atom stereocenters. The van der Waals surface area contributed by atoms with Gasteiger partial charge in [-0.3, -0.25) is 9.48 Å². The Labute approximate surface area is 171 Å². The molecule has 7 heteroatoms. The first-order valence-corrected chi connectivity index (χ1v) is 11.1. The summed E-state index contributed by atoms with van der Waals surface area (Å²) in [6.45, 7) is 7.51. The number of benzene rings is 1. The van der Waals surface area contributed by atoms with Gasteiger partial charge >= 0.3 is 0 Å². The molecular weight excluding hydrogens is 372 g/mol. The van der Waals surface area contributed by atoms with Gasteiger partial charge in [-0.2, -0.15) is 5.10 Å². The second kappa shape index (κ2) is 11.2. The first kappa shape index (κ1) is 20.9. The van der Waals surface area contributed by atoms with Crippen LogP contribution in [0.5, 0.6) is 0 Å². The predicted molar refractivity (Wildman–Crippen MR) is 114 cm³/mol. The molecule has 0 aliphatic carbocycles. The van der Waals surface area contributed by atoms with Gasteiger partial charge in [-0.1, -0.05) is 6.42 Å². The minimum absolute atomic E-state index is 0.145. The molecule has 152 valence electrons. The highest BCUT2D eigenvalue weighted by Gasteiger charge is 2.10. The van der Waals surface area contributed by atoms with E-state index >= 15 is 0 Å². The maximum Gasteiger partial charge on any atom is 0.258 e. The molecule has 1 aromatic carbocycles. The van der Waals surface area contributed by atoms with Crippen LogP contribution in [-0.4, -0.2) is 59.2 Å². The summed E-state index contributed by atoms with van der Waals surface area (Å²) in [4.78, 5) is 16.2. The summed E-state index contributed by atoms with van der Waals surface area (Å²) in [5.41, 5.74) is 1.35. The van der Waals surface area contributed by atoms with E-state index < -0.39 is 0 Å². The summed E-state index contributed by atoms with van der Waals surface area (Å²) in [5, 5.41) is 7.14. The van der Waals surface area contributed by atoms with E-state index in [0.717, 1.165) is 18.0 Å². The molecule has 0 saturated carbocycles. The van der Waals surface area contributed by atoms with Gasteiger partial charge in [-0.05, 0) is 57.1 Å². The maximum atomic E-state index is 12.4. The average Bonchev–Trinajstić information content (AvgIpc) is 3.19. The average molecular weight is 403 g/mol. The summed E-state index contributed by atoms with van der Waals surface area (Å²) < 4.78 is 7.04. The molecule has 6 nitrogen and oxygen atoms in total. The van der Waals surface area contributed by atoms with E-state index in [0.29, 0.717) is 25.3 Å². The second-order valence-corrected chi connectivity index (χ2v) is 8.09. The molecule has 3 rings (SSSR count). The second-order valence-electron chi connectivity index (χ2n) is 6.92. The number of aromatic nitrogens is 2. The topological polar surface area (TPSA) is 59.4 Å². The van der Waals surface area contributed by atoms with Gasteiger partial charge in [-0.15, -0.1) is 11.8 Å². The van der Waals surface area contributed by atoms with Crippen LogP contribution < -0.4 is 5.32 Å². The van der Waals surface area contributed by atoms with E-state index in [1.165, 1.54) is 37.2 Å². The highest BCUT2D eigenvalue weighted by Crippen LogP contribution is 2.21. The lowest BCUT2D eigenvalue weighted by atomic mass is 10.1. The molecule has 0 unspecified atom stereocenters. The van der Waals surface area contributed by atoms with Gasteiger partial charge in [0.15, 0.2) is 0 Å². The van der Waals surface area contributed by atoms with Gasteiger partial charge in [0, 0.05) is 35.7 Å². The third-order valence-corrected chi connectivity index (χ3v) is 5.79. The van der Waals surface area contributed by atoms with E-state index in [1.807, 2.05) is 30.8 Å². The summed E-state index contributed by atoms with van der Waals surface area (Å²) in [6, 6.07) is 8.06. The molecule has 1 fully saturated rings. The van der Waals surface area contributed by atoms with Crippen molar-refractivity contribution in [1.82, 2.24) is 14.7 Å². The molecule has 2 heterocycles. The van der Waals surface area contributed by atoms with Crippen molar-refractivity contribution < 1.29 is 9.53 Å². The Hall–Kier alpha value is -1.83. The first-order valence-electron chi connectivity index (χ1n) is 10.1. The smallest absolute Gasteiger partial charge is 0.258 e. The Morgan fingerprint density at radius 1 is 1.18 bits per heavy atom. The number of anilines is 1. The molecule has 1 aliphatic rings. The summed E-state index contributed by atoms with van der Waals surface area (Å²) in [5.74, 6) is 0.959. The molecule has 1 N–H and O–H groups in total. The fourth-order valence-electron chi connectivity index (χ4n) is 3.22. The van der Waals surface area contributed by atoms with Crippen LogP contribution in [0.3, 0.4) is 0 Å². The Morgan fingerprint density at radius 2 is 1.96 bits per heavy atom. The minimum Gasteiger partial charge on any atom is -0.380 e. The Morgan fingerprint density at radius 3 is 2.71 bits per heavy atom. The zero-order chi connectivity index (χ0) is 19.6. The van der Waals surface area contributed by atoms with Crippen LogP contribution in [0.2, 0.25) is 0 Å². The van der Waals surface area contributed by atoms with Gasteiger partial charge in [-0.25, -0.2) is 0 Å². The molecule has 1 amide bonds. The standard InChI is InChI=1S/C21H30N4O2S/c1-2-27-14-12-25-17-18(16-22-25)21(26)23-19-6-8-20(9-7-19)28-15-13-24-10-4-3-5-11-24/h6-9,16-17H,2-5,10-15H2,1H3,(H,23,26). The van der Waals surface area contributed by atoms with Gasteiger partial charge in [0.05, 0.1) is 24.9 Å². The van der Waals surface area contributed by atoms with E-state index in [2.05, 4.69) is 27.4 Å². The van der Waals surface area contributed by atoms with Gasteiger partial charge in [0.25, 0.3) is 5.91 Å². The number of carbonyl (C=O) groups excluding carboxylic acids is 1. The zero-order valence-electron chi connectivity index (χ0n) is 16.6. The molecule has 0 bridgehead atoms. The van der Waals surface area contributed by atoms with Crippen LogP contribution >= 0.6 is 11.8 Å². The predicted octanol–water partition coefficient (Wildman–Crippen LogP) is 3.75. The van der Waals surface area contributed by atoms with Crippen molar-refractivity contribution in [2.45, 2.75) is 37.6 Å². The Kier molecular flexibility index (Phi) is 8.39. The van der Waals surface area contributed by atoms with Gasteiger partial charge in [0.1, 0.15) is 0 Å². The Bertz CT molecular complexity index is 726. The van der Waals surface area contributed by atoms with Crippen LogP contribution in [0.15, 0.2) is 41.6 Å². The minimum atomic E-state index is -0.145. The molecule has 0 spiro atoms. The van der Waals surface area contributed by atoms with Crippen LogP contribution in [0.25, 0.3) is 0 Å². The fourth-order valence-corrected chi connectivity index (χ4v) is 4.13. The van der Waals surface area contributed by atoms with Crippen LogP contribution in [0, 0.1) is 0 Å². The number of piperidine rings is 1. The number of thioether (sulfide) groups is 1. The van der Waals surface area contributed by atoms with Crippen molar-refractivity contribution in [2.24, 2.45) is 0 Å². The summed E-state index contributed by atoms with van der Waals surface area (Å²) >= 11 is 1.87. The third kappa shape index (κ3) is 6.65. The molecule has 1 aromatic heterocycles. The van der Waals surface area contributed by atoms with Crippen molar-refractivity contribution in [3.8, 4) is 0 Å². The maximum absolute atomic E-state index is 12.4. The highest BCUT2D eigenvalue weighted by atomic mass is 32.2. The molecular formula is C21H30N4O2S. The number of likely N-dealkylation sites (tertiary alicyclic amines) is 1. The van der Waals surface area contributed by atoms with Crippen LogP contribution in [0.1, 0.15) is 36.5 Å². The van der Waals surface area contributed by atoms with Crippen molar-refractivity contribution >= 4 is 23.4 Å². The monoisotopic (exact) mass is 402 g/mol. The number of nitrogens with one attached hydrogen (secondary N) is 1. The Balaban J connectivity index is 1.42. The zero-order valence-corrected chi connectivity index (χ0v) is 17.4. The number of ether oxygens (including phenoxy) is 1. The first-order chi connectivity index (χ1) is 13.7. The van der Waals surface area contributed by atoms with Crippen molar-refractivity contribution in [2.75, 3.05) is 43.9 Å². The van der Waals surface area contributed by atoms with Crippen LogP contribution in [0.4, 0.5) is 5.69 Å². The van der Waals surface area contributed by atoms with E-state index in [9.17, 15) is 4.79 Å². The quantitative estimate of drug-likeness (QED) is 0.484. The third-order valence-electron chi connectivity index (χ3n) is 4.80. The lowest BCUT2D eigenvalue weighted by Gasteiger charge is -2.26. The van der Waals surface area contributed by atoms with E-state index in [-0.39, 0.29) is 5.91 Å². The number of amides is 1. The summed E-state index contributed by atoms with van der Waals surface area (Å²) in [6.07, 6.45) is 7.39. The summed E-state index contributed by atoms with van der Waals surface area (Å²) in [7, 11) is 0. The largest absolute Gasteiger partial charge is 0.380 e. The van der Waals surface area contributed by atoms with Crippen LogP contribution in [-0.2, 0) is 11.3 Å². The number of hydrogen-bond acceptors (Lipinski definition) is 5.